The van der Waals surface area contributed by atoms with Crippen LogP contribution in [-0.2, 0) is 0 Å². The molecule has 0 aliphatic heterocycles. The van der Waals surface area contributed by atoms with Crippen LogP contribution in [0, 0.1) is 16.0 Å². The summed E-state index contributed by atoms with van der Waals surface area (Å²) < 4.78 is 0. The van der Waals surface area contributed by atoms with Gasteiger partial charge in [-0.3, -0.25) is 14.9 Å². The zero-order valence-electron chi connectivity index (χ0n) is 10.1. The van der Waals surface area contributed by atoms with Crippen molar-refractivity contribution in [1.29, 1.82) is 0 Å². The standard InChI is InChI=1S/C12H15N3O3/c1-7(8-2-3-8)14-12(16)9-4-5-10(13)11(6-9)15(17)18/h4-8H,2-3,13H2,1H3,(H,14,16). The van der Waals surface area contributed by atoms with Crippen LogP contribution in [0.25, 0.3) is 0 Å². The monoisotopic (exact) mass is 249 g/mol. The number of nitro groups is 1. The van der Waals surface area contributed by atoms with Crippen molar-refractivity contribution >= 4 is 17.3 Å². The van der Waals surface area contributed by atoms with Gasteiger partial charge in [0, 0.05) is 17.7 Å². The number of nitro benzene ring substituents is 1. The Morgan fingerprint density at radius 3 is 2.78 bits per heavy atom. The Morgan fingerprint density at radius 1 is 1.56 bits per heavy atom. The van der Waals surface area contributed by atoms with Gasteiger partial charge in [0.05, 0.1) is 4.92 Å². The van der Waals surface area contributed by atoms with Gasteiger partial charge in [0.15, 0.2) is 0 Å². The molecule has 0 spiro atoms. The Labute approximate surface area is 104 Å². The predicted octanol–water partition coefficient (Wildman–Crippen LogP) is 1.71. The molecule has 1 aromatic rings. The first-order chi connectivity index (χ1) is 8.49. The minimum Gasteiger partial charge on any atom is -0.393 e. The van der Waals surface area contributed by atoms with Gasteiger partial charge >= 0.3 is 0 Å². The average molecular weight is 249 g/mol. The number of nitrogens with one attached hydrogen (secondary N) is 1. The van der Waals surface area contributed by atoms with Crippen molar-refractivity contribution in [3.63, 3.8) is 0 Å². The highest BCUT2D eigenvalue weighted by Crippen LogP contribution is 2.32. The highest BCUT2D eigenvalue weighted by atomic mass is 16.6. The summed E-state index contributed by atoms with van der Waals surface area (Å²) in [5, 5.41) is 13.6. The Hall–Kier alpha value is -2.11. The highest BCUT2D eigenvalue weighted by Gasteiger charge is 2.29. The quantitative estimate of drug-likeness (QED) is 0.482. The topological polar surface area (TPSA) is 98.3 Å². The first kappa shape index (κ1) is 12.3. The molecule has 0 aromatic heterocycles. The number of amides is 1. The molecule has 6 heteroatoms. The number of benzene rings is 1. The molecular formula is C12H15N3O3. The van der Waals surface area contributed by atoms with E-state index in [2.05, 4.69) is 5.32 Å². The second-order valence-electron chi connectivity index (χ2n) is 4.63. The second kappa shape index (κ2) is 4.64. The van der Waals surface area contributed by atoms with Gasteiger partial charge in [0.25, 0.3) is 11.6 Å². The smallest absolute Gasteiger partial charge is 0.292 e. The van der Waals surface area contributed by atoms with E-state index in [1.807, 2.05) is 6.92 Å². The number of nitrogens with zero attached hydrogens (tertiary/aromatic N) is 1. The van der Waals surface area contributed by atoms with Crippen LogP contribution < -0.4 is 11.1 Å². The molecule has 0 saturated heterocycles. The van der Waals surface area contributed by atoms with E-state index >= 15 is 0 Å². The van der Waals surface area contributed by atoms with E-state index in [-0.39, 0.29) is 28.9 Å². The van der Waals surface area contributed by atoms with Gasteiger partial charge in [-0.1, -0.05) is 0 Å². The molecule has 1 saturated carbocycles. The van der Waals surface area contributed by atoms with E-state index < -0.39 is 4.92 Å². The number of nitrogen functional groups attached to an aromatic ring is 1. The van der Waals surface area contributed by atoms with Gasteiger partial charge in [-0.15, -0.1) is 0 Å². The molecule has 1 atom stereocenters. The third-order valence-corrected chi connectivity index (χ3v) is 3.18. The SMILES string of the molecule is CC(NC(=O)c1ccc(N)c([N+](=O)[O-])c1)C1CC1. The fourth-order valence-corrected chi connectivity index (χ4v) is 1.85. The number of hydrogen-bond acceptors (Lipinski definition) is 4. The van der Waals surface area contributed by atoms with E-state index in [0.29, 0.717) is 5.92 Å². The molecule has 3 N–H and O–H groups in total. The number of carbonyl (C=O) groups excluding carboxylic acids is 1. The first-order valence-electron chi connectivity index (χ1n) is 5.84. The molecule has 0 bridgehead atoms. The van der Waals surface area contributed by atoms with E-state index in [0.717, 1.165) is 12.8 Å². The van der Waals surface area contributed by atoms with Crippen molar-refractivity contribution < 1.29 is 9.72 Å². The number of rotatable bonds is 4. The molecule has 96 valence electrons. The van der Waals surface area contributed by atoms with E-state index in [1.165, 1.54) is 18.2 Å². The predicted molar refractivity (Wildman–Crippen MR) is 67.2 cm³/mol. The fraction of sp³-hybridized carbons (Fsp3) is 0.417. The van der Waals surface area contributed by atoms with Crippen LogP contribution >= 0.6 is 0 Å². The van der Waals surface area contributed by atoms with Crippen molar-refractivity contribution in [3.05, 3.63) is 33.9 Å². The van der Waals surface area contributed by atoms with Crippen molar-refractivity contribution in [1.82, 2.24) is 5.32 Å². The van der Waals surface area contributed by atoms with Gasteiger partial charge in [0.2, 0.25) is 0 Å². The largest absolute Gasteiger partial charge is 0.393 e. The Kier molecular flexibility index (Phi) is 3.18. The summed E-state index contributed by atoms with van der Waals surface area (Å²) >= 11 is 0. The molecule has 6 nitrogen and oxygen atoms in total. The average Bonchev–Trinajstić information content (AvgIpc) is 3.12. The number of hydrogen-bond donors (Lipinski definition) is 2. The molecule has 0 heterocycles. The first-order valence-corrected chi connectivity index (χ1v) is 5.84. The normalized spacial score (nSPS) is 16.1. The maximum Gasteiger partial charge on any atom is 0.292 e. The molecule has 1 amide bonds. The van der Waals surface area contributed by atoms with E-state index in [1.54, 1.807) is 0 Å². The lowest BCUT2D eigenvalue weighted by Crippen LogP contribution is -2.34. The summed E-state index contributed by atoms with van der Waals surface area (Å²) in [6.07, 6.45) is 2.26. The molecule has 1 fully saturated rings. The third-order valence-electron chi connectivity index (χ3n) is 3.18. The van der Waals surface area contributed by atoms with Crippen molar-refractivity contribution in [2.24, 2.45) is 5.92 Å². The summed E-state index contributed by atoms with van der Waals surface area (Å²) in [6.45, 7) is 1.95. The van der Waals surface area contributed by atoms with Crippen LogP contribution in [0.5, 0.6) is 0 Å². The van der Waals surface area contributed by atoms with Crippen LogP contribution in [0.15, 0.2) is 18.2 Å². The lowest BCUT2D eigenvalue weighted by atomic mass is 10.1. The van der Waals surface area contributed by atoms with Crippen LogP contribution in [-0.4, -0.2) is 16.9 Å². The van der Waals surface area contributed by atoms with Crippen molar-refractivity contribution in [2.45, 2.75) is 25.8 Å². The highest BCUT2D eigenvalue weighted by molar-refractivity contribution is 5.95. The zero-order valence-corrected chi connectivity index (χ0v) is 10.1. The molecule has 1 aliphatic rings. The van der Waals surface area contributed by atoms with Gasteiger partial charge in [0.1, 0.15) is 5.69 Å². The molecule has 1 aromatic carbocycles. The molecule has 0 radical (unpaired) electrons. The van der Waals surface area contributed by atoms with Crippen LogP contribution in [0.4, 0.5) is 11.4 Å². The third kappa shape index (κ3) is 2.58. The fourth-order valence-electron chi connectivity index (χ4n) is 1.85. The lowest BCUT2D eigenvalue weighted by molar-refractivity contribution is -0.383. The van der Waals surface area contributed by atoms with Crippen LogP contribution in [0.1, 0.15) is 30.1 Å². The summed E-state index contributed by atoms with van der Waals surface area (Å²) in [6, 6.07) is 4.20. The number of anilines is 1. The van der Waals surface area contributed by atoms with Gasteiger partial charge in [-0.2, -0.15) is 0 Å². The number of carbonyl (C=O) groups is 1. The Morgan fingerprint density at radius 2 is 2.22 bits per heavy atom. The minimum atomic E-state index is -0.587. The molecular weight excluding hydrogens is 234 g/mol. The lowest BCUT2D eigenvalue weighted by Gasteiger charge is -2.12. The maximum absolute atomic E-state index is 11.9. The summed E-state index contributed by atoms with van der Waals surface area (Å²) in [5.74, 6) is 0.246. The van der Waals surface area contributed by atoms with Gasteiger partial charge in [-0.25, -0.2) is 0 Å². The molecule has 2 rings (SSSR count). The number of nitrogens with two attached hydrogens (primary N) is 1. The van der Waals surface area contributed by atoms with E-state index in [9.17, 15) is 14.9 Å². The molecule has 18 heavy (non-hydrogen) atoms. The summed E-state index contributed by atoms with van der Waals surface area (Å²) in [5.41, 5.74) is 5.57. The van der Waals surface area contributed by atoms with Crippen LogP contribution in [0.3, 0.4) is 0 Å². The summed E-state index contributed by atoms with van der Waals surface area (Å²) in [7, 11) is 0. The second-order valence-corrected chi connectivity index (χ2v) is 4.63. The molecule has 1 aliphatic carbocycles. The summed E-state index contributed by atoms with van der Waals surface area (Å²) in [4.78, 5) is 22.0. The zero-order chi connectivity index (χ0) is 13.3. The van der Waals surface area contributed by atoms with Crippen LogP contribution in [0.2, 0.25) is 0 Å². The minimum absolute atomic E-state index is 0.0618. The molecule has 1 unspecified atom stereocenters. The Balaban J connectivity index is 2.14. The Bertz CT molecular complexity index is 497. The van der Waals surface area contributed by atoms with Crippen molar-refractivity contribution in [2.75, 3.05) is 5.73 Å². The van der Waals surface area contributed by atoms with E-state index in [4.69, 9.17) is 5.73 Å². The van der Waals surface area contributed by atoms with Gasteiger partial charge < -0.3 is 11.1 Å². The van der Waals surface area contributed by atoms with Crippen molar-refractivity contribution in [3.8, 4) is 0 Å². The van der Waals surface area contributed by atoms with Gasteiger partial charge in [-0.05, 0) is 37.8 Å². The maximum atomic E-state index is 11.9.